The molecule has 0 spiro atoms. The van der Waals surface area contributed by atoms with Crippen LogP contribution in [0.4, 0.5) is 4.39 Å². The van der Waals surface area contributed by atoms with E-state index in [0.717, 1.165) is 19.4 Å². The summed E-state index contributed by atoms with van der Waals surface area (Å²) in [4.78, 5) is 14.1. The highest BCUT2D eigenvalue weighted by Gasteiger charge is 2.21. The number of likely N-dealkylation sites (N-methyl/N-ethyl adjacent to an activating group) is 1. The normalized spacial score (nSPS) is 18.6. The zero-order valence-electron chi connectivity index (χ0n) is 11.0. The van der Waals surface area contributed by atoms with Gasteiger partial charge in [-0.15, -0.1) is 0 Å². The quantitative estimate of drug-likeness (QED) is 0.922. The minimum Gasteiger partial charge on any atom is -0.337 e. The van der Waals surface area contributed by atoms with Crippen LogP contribution in [0.3, 0.4) is 0 Å². The summed E-state index contributed by atoms with van der Waals surface area (Å²) < 4.78 is 13.1. The molecule has 0 radical (unpaired) electrons. The van der Waals surface area contributed by atoms with Crippen LogP contribution in [0.1, 0.15) is 30.1 Å². The van der Waals surface area contributed by atoms with E-state index in [1.807, 2.05) is 6.92 Å². The van der Waals surface area contributed by atoms with Crippen molar-refractivity contribution in [3.63, 3.8) is 0 Å². The molecule has 1 unspecified atom stereocenters. The van der Waals surface area contributed by atoms with E-state index in [0.29, 0.717) is 24.7 Å². The molecule has 0 aromatic heterocycles. The van der Waals surface area contributed by atoms with Gasteiger partial charge in [-0.2, -0.15) is 0 Å². The molecule has 1 aliphatic heterocycles. The average molecular weight is 285 g/mol. The number of rotatable bonds is 4. The predicted octanol–water partition coefficient (Wildman–Crippen LogP) is 2.69. The summed E-state index contributed by atoms with van der Waals surface area (Å²) in [5, 5.41) is 3.36. The lowest BCUT2D eigenvalue weighted by Crippen LogP contribution is -2.41. The molecule has 19 heavy (non-hydrogen) atoms. The highest BCUT2D eigenvalue weighted by atomic mass is 35.5. The molecule has 1 aromatic carbocycles. The molecule has 1 aromatic rings. The molecule has 1 saturated heterocycles. The molecular formula is C14H18ClFN2O. The summed E-state index contributed by atoms with van der Waals surface area (Å²) in [5.74, 6) is -0.600. The third kappa shape index (κ3) is 3.45. The smallest absolute Gasteiger partial charge is 0.253 e. The van der Waals surface area contributed by atoms with Crippen LogP contribution >= 0.6 is 11.6 Å². The van der Waals surface area contributed by atoms with Gasteiger partial charge in [0.05, 0.1) is 5.02 Å². The summed E-state index contributed by atoms with van der Waals surface area (Å²) in [6, 6.07) is 4.47. The minimum absolute atomic E-state index is 0.0131. The van der Waals surface area contributed by atoms with Gasteiger partial charge in [0.1, 0.15) is 5.82 Å². The Morgan fingerprint density at radius 2 is 2.37 bits per heavy atom. The lowest BCUT2D eigenvalue weighted by molar-refractivity contribution is 0.0751. The van der Waals surface area contributed by atoms with Crippen LogP contribution in [-0.2, 0) is 0 Å². The Kier molecular flexibility index (Phi) is 4.77. The third-order valence-corrected chi connectivity index (χ3v) is 3.73. The zero-order valence-corrected chi connectivity index (χ0v) is 11.7. The molecule has 1 N–H and O–H groups in total. The fraction of sp³-hybridized carbons (Fsp3) is 0.500. The van der Waals surface area contributed by atoms with Gasteiger partial charge >= 0.3 is 0 Å². The lowest BCUT2D eigenvalue weighted by atomic mass is 10.1. The number of nitrogens with zero attached hydrogens (tertiary/aromatic N) is 1. The van der Waals surface area contributed by atoms with E-state index < -0.39 is 5.82 Å². The Morgan fingerprint density at radius 1 is 1.58 bits per heavy atom. The van der Waals surface area contributed by atoms with Crippen molar-refractivity contribution in [2.45, 2.75) is 25.8 Å². The van der Waals surface area contributed by atoms with Gasteiger partial charge in [0, 0.05) is 24.7 Å². The first-order valence-corrected chi connectivity index (χ1v) is 6.97. The van der Waals surface area contributed by atoms with Crippen LogP contribution < -0.4 is 5.32 Å². The number of hydrogen-bond acceptors (Lipinski definition) is 2. The van der Waals surface area contributed by atoms with Crippen LogP contribution in [0.5, 0.6) is 0 Å². The second-order valence-corrected chi connectivity index (χ2v) is 5.17. The van der Waals surface area contributed by atoms with Crippen LogP contribution in [0.2, 0.25) is 5.02 Å². The molecule has 2 rings (SSSR count). The second-order valence-electron chi connectivity index (χ2n) is 4.77. The molecule has 0 bridgehead atoms. The van der Waals surface area contributed by atoms with Gasteiger partial charge in [0.2, 0.25) is 0 Å². The monoisotopic (exact) mass is 284 g/mol. The second kappa shape index (κ2) is 6.35. The number of carbonyl (C=O) groups is 1. The van der Waals surface area contributed by atoms with Gasteiger partial charge in [-0.05, 0) is 44.5 Å². The standard InChI is InChI=1S/C14H18ClFN2O/c1-2-18(9-11-4-3-7-17-11)14(19)10-5-6-13(16)12(15)8-10/h5-6,8,11,17H,2-4,7,9H2,1H3. The van der Waals surface area contributed by atoms with Crippen molar-refractivity contribution in [3.05, 3.63) is 34.6 Å². The van der Waals surface area contributed by atoms with E-state index in [4.69, 9.17) is 11.6 Å². The Morgan fingerprint density at radius 3 is 2.95 bits per heavy atom. The molecule has 5 heteroatoms. The molecule has 3 nitrogen and oxygen atoms in total. The molecule has 1 amide bonds. The minimum atomic E-state index is -0.501. The summed E-state index contributed by atoms with van der Waals surface area (Å²) in [5.41, 5.74) is 0.436. The van der Waals surface area contributed by atoms with E-state index in [9.17, 15) is 9.18 Å². The largest absolute Gasteiger partial charge is 0.337 e. The van der Waals surface area contributed by atoms with Crippen LogP contribution in [-0.4, -0.2) is 36.5 Å². The van der Waals surface area contributed by atoms with Gasteiger partial charge in [0.25, 0.3) is 5.91 Å². The van der Waals surface area contributed by atoms with Crippen molar-refractivity contribution < 1.29 is 9.18 Å². The fourth-order valence-corrected chi connectivity index (χ4v) is 2.53. The number of benzene rings is 1. The van der Waals surface area contributed by atoms with Gasteiger partial charge in [-0.1, -0.05) is 11.6 Å². The Hall–Kier alpha value is -1.13. The molecular weight excluding hydrogens is 267 g/mol. The summed E-state index contributed by atoms with van der Waals surface area (Å²) >= 11 is 5.72. The Balaban J connectivity index is 2.08. The van der Waals surface area contributed by atoms with Crippen LogP contribution in [0.25, 0.3) is 0 Å². The number of hydrogen-bond donors (Lipinski definition) is 1. The predicted molar refractivity (Wildman–Crippen MR) is 74.0 cm³/mol. The maximum absolute atomic E-state index is 13.1. The van der Waals surface area contributed by atoms with Crippen molar-refractivity contribution in [1.29, 1.82) is 0 Å². The van der Waals surface area contributed by atoms with E-state index in [-0.39, 0.29) is 10.9 Å². The van der Waals surface area contributed by atoms with Gasteiger partial charge < -0.3 is 10.2 Å². The first kappa shape index (κ1) is 14.3. The van der Waals surface area contributed by atoms with Crippen molar-refractivity contribution in [2.24, 2.45) is 0 Å². The molecule has 0 saturated carbocycles. The maximum atomic E-state index is 13.1. The van der Waals surface area contributed by atoms with Crippen molar-refractivity contribution in [3.8, 4) is 0 Å². The highest BCUT2D eigenvalue weighted by molar-refractivity contribution is 6.31. The fourth-order valence-electron chi connectivity index (χ4n) is 2.35. The lowest BCUT2D eigenvalue weighted by Gasteiger charge is -2.24. The molecule has 1 heterocycles. The number of amides is 1. The molecule has 1 fully saturated rings. The SMILES string of the molecule is CCN(CC1CCCN1)C(=O)c1ccc(F)c(Cl)c1. The highest BCUT2D eigenvalue weighted by Crippen LogP contribution is 2.18. The van der Waals surface area contributed by atoms with Gasteiger partial charge in [-0.25, -0.2) is 4.39 Å². The van der Waals surface area contributed by atoms with Crippen LogP contribution in [0.15, 0.2) is 18.2 Å². The zero-order chi connectivity index (χ0) is 13.8. The summed E-state index contributed by atoms with van der Waals surface area (Å²) in [7, 11) is 0. The van der Waals surface area contributed by atoms with Crippen molar-refractivity contribution >= 4 is 17.5 Å². The molecule has 104 valence electrons. The van der Waals surface area contributed by atoms with E-state index in [2.05, 4.69) is 5.32 Å². The summed E-state index contributed by atoms with van der Waals surface area (Å²) in [6.07, 6.45) is 2.24. The van der Waals surface area contributed by atoms with Crippen LogP contribution in [0, 0.1) is 5.82 Å². The number of halogens is 2. The summed E-state index contributed by atoms with van der Waals surface area (Å²) in [6.45, 7) is 4.27. The average Bonchev–Trinajstić information content (AvgIpc) is 2.91. The molecule has 1 atom stereocenters. The van der Waals surface area contributed by atoms with E-state index in [1.54, 1.807) is 4.90 Å². The maximum Gasteiger partial charge on any atom is 0.253 e. The number of carbonyl (C=O) groups excluding carboxylic acids is 1. The third-order valence-electron chi connectivity index (χ3n) is 3.44. The van der Waals surface area contributed by atoms with Crippen molar-refractivity contribution in [2.75, 3.05) is 19.6 Å². The van der Waals surface area contributed by atoms with Gasteiger partial charge in [-0.3, -0.25) is 4.79 Å². The Labute approximate surface area is 117 Å². The van der Waals surface area contributed by atoms with Gasteiger partial charge in [0.15, 0.2) is 0 Å². The van der Waals surface area contributed by atoms with E-state index >= 15 is 0 Å². The first-order valence-electron chi connectivity index (χ1n) is 6.59. The van der Waals surface area contributed by atoms with Crippen molar-refractivity contribution in [1.82, 2.24) is 10.2 Å². The molecule has 1 aliphatic rings. The van der Waals surface area contributed by atoms with E-state index in [1.165, 1.54) is 18.2 Å². The number of nitrogens with one attached hydrogen (secondary N) is 1. The topological polar surface area (TPSA) is 32.3 Å². The first-order chi connectivity index (χ1) is 9.11. The molecule has 0 aliphatic carbocycles. The Bertz CT molecular complexity index is 461.